The zero-order valence-corrected chi connectivity index (χ0v) is 28.4. The van der Waals surface area contributed by atoms with Crippen molar-refractivity contribution < 1.29 is 0 Å². The van der Waals surface area contributed by atoms with E-state index in [1.807, 2.05) is 14.0 Å². The van der Waals surface area contributed by atoms with Crippen LogP contribution in [-0.4, -0.2) is 33.2 Å². The van der Waals surface area contributed by atoms with Gasteiger partial charge in [-0.2, -0.15) is 0 Å². The number of allylic oxidation sites excluding steroid dienone is 2. The Labute approximate surface area is 273 Å². The summed E-state index contributed by atoms with van der Waals surface area (Å²) in [7, 11) is 1.97. The molecule has 0 aromatic heterocycles. The van der Waals surface area contributed by atoms with Crippen LogP contribution in [0.5, 0.6) is 0 Å². The molecular weight excluding hydrogens is 581 g/mol. The van der Waals surface area contributed by atoms with Crippen LogP contribution in [-0.2, 0) is 24.7 Å². The number of fused-ring (bicyclic) bond motifs is 8. The molecule has 7 rings (SSSR count). The first-order chi connectivity index (χ1) is 21.2. The molecule has 1 atom stereocenters. The number of hydrogen-bond donors (Lipinski definition) is 1. The third-order valence-corrected chi connectivity index (χ3v) is 12.1. The second kappa shape index (κ2) is 11.2. The van der Waals surface area contributed by atoms with Crippen molar-refractivity contribution in [2.75, 3.05) is 43.0 Å². The topological polar surface area (TPSA) is 18.5 Å². The summed E-state index contributed by atoms with van der Waals surface area (Å²) in [5, 5.41) is 4.78. The fraction of sp³-hybridized carbons (Fsp3) is 0.436. The maximum atomic E-state index is 7.17. The zero-order valence-electron chi connectivity index (χ0n) is 26.9. The van der Waals surface area contributed by atoms with E-state index in [1.54, 1.807) is 0 Å². The van der Waals surface area contributed by atoms with E-state index in [9.17, 15) is 0 Å². The van der Waals surface area contributed by atoms with Crippen molar-refractivity contribution in [2.24, 2.45) is 0 Å². The molecule has 1 unspecified atom stereocenters. The molecule has 3 nitrogen and oxygen atoms in total. The average molecular weight is 627 g/mol. The molecule has 2 aliphatic heterocycles. The number of aryl methyl sites for hydroxylation is 2. The van der Waals surface area contributed by atoms with E-state index in [0.29, 0.717) is 0 Å². The summed E-state index contributed by atoms with van der Waals surface area (Å²) in [5.74, 6) is 0. The van der Waals surface area contributed by atoms with E-state index in [-0.39, 0.29) is 5.41 Å². The smallest absolute Gasteiger partial charge is 0.0528 e. The van der Waals surface area contributed by atoms with Gasteiger partial charge in [-0.15, -0.1) is 0 Å². The molecule has 0 saturated carbocycles. The second-order valence-corrected chi connectivity index (χ2v) is 14.3. The van der Waals surface area contributed by atoms with Crippen molar-refractivity contribution in [1.82, 2.24) is 5.32 Å². The first-order valence-electron chi connectivity index (χ1n) is 16.5. The molecule has 5 heteroatoms. The van der Waals surface area contributed by atoms with Crippen LogP contribution >= 0.6 is 23.2 Å². The van der Waals surface area contributed by atoms with Crippen LogP contribution in [0.15, 0.2) is 43.1 Å². The number of rotatable bonds is 6. The summed E-state index contributed by atoms with van der Waals surface area (Å²) in [6.45, 7) is 19.7. The number of anilines is 2. The molecule has 230 valence electrons. The molecule has 3 aromatic carbocycles. The van der Waals surface area contributed by atoms with Gasteiger partial charge >= 0.3 is 0 Å². The van der Waals surface area contributed by atoms with Gasteiger partial charge in [0.25, 0.3) is 0 Å². The Kier molecular flexibility index (Phi) is 7.57. The molecule has 4 aliphatic rings. The minimum atomic E-state index is -0.342. The lowest BCUT2D eigenvalue weighted by molar-refractivity contribution is 0.613. The number of halogens is 2. The van der Waals surface area contributed by atoms with Gasteiger partial charge in [0.05, 0.1) is 10.4 Å². The van der Waals surface area contributed by atoms with Crippen LogP contribution in [0.25, 0.3) is 5.57 Å². The number of nitrogens with zero attached hydrogens (tertiary/aromatic N) is 2. The minimum Gasteiger partial charge on any atom is -0.392 e. The Balaban J connectivity index is 1.46. The maximum absolute atomic E-state index is 7.17. The van der Waals surface area contributed by atoms with Gasteiger partial charge < -0.3 is 15.1 Å². The molecule has 1 spiro atoms. The van der Waals surface area contributed by atoms with E-state index in [2.05, 4.69) is 66.4 Å². The SMILES string of the molecule is C=C(CCCN1CCCc2cc3c(cc21)Cc1cc2c(cc1C31CC(=C)c3c(Cl)c(C)c(Cl)c(C)c31)CCCN2CC)NC. The number of hydrogen-bond acceptors (Lipinski definition) is 3. The van der Waals surface area contributed by atoms with Gasteiger partial charge in [-0.1, -0.05) is 48.5 Å². The van der Waals surface area contributed by atoms with E-state index < -0.39 is 0 Å². The summed E-state index contributed by atoms with van der Waals surface area (Å²) < 4.78 is 0. The van der Waals surface area contributed by atoms with E-state index in [4.69, 9.17) is 23.2 Å². The molecule has 0 bridgehead atoms. The normalized spacial score (nSPS) is 19.8. The van der Waals surface area contributed by atoms with Gasteiger partial charge in [0.2, 0.25) is 0 Å². The van der Waals surface area contributed by atoms with Crippen molar-refractivity contribution in [1.29, 1.82) is 0 Å². The highest BCUT2D eigenvalue weighted by Crippen LogP contribution is 2.61. The average Bonchev–Trinajstić information content (AvgIpc) is 3.34. The second-order valence-electron chi connectivity index (χ2n) is 13.5. The van der Waals surface area contributed by atoms with E-state index in [1.165, 1.54) is 63.2 Å². The van der Waals surface area contributed by atoms with Crippen LogP contribution in [0.3, 0.4) is 0 Å². The van der Waals surface area contributed by atoms with Crippen molar-refractivity contribution in [3.05, 3.63) is 109 Å². The van der Waals surface area contributed by atoms with Gasteiger partial charge in [0.15, 0.2) is 0 Å². The van der Waals surface area contributed by atoms with Crippen LogP contribution in [0.2, 0.25) is 10.0 Å². The van der Waals surface area contributed by atoms with Gasteiger partial charge in [0, 0.05) is 60.9 Å². The Bertz CT molecular complexity index is 1720. The highest BCUT2D eigenvalue weighted by molar-refractivity contribution is 6.38. The van der Waals surface area contributed by atoms with Crippen molar-refractivity contribution >= 4 is 40.1 Å². The molecule has 2 aliphatic carbocycles. The minimum absolute atomic E-state index is 0.342. The van der Waals surface area contributed by atoms with Crippen molar-refractivity contribution in [3.8, 4) is 0 Å². The Hall–Kier alpha value is -2.88. The quantitative estimate of drug-likeness (QED) is 0.294. The third-order valence-electron chi connectivity index (χ3n) is 11.1. The van der Waals surface area contributed by atoms with E-state index in [0.717, 1.165) is 103 Å². The summed E-state index contributed by atoms with van der Waals surface area (Å²) >= 11 is 14.3. The maximum Gasteiger partial charge on any atom is 0.0528 e. The molecule has 1 N–H and O–H groups in total. The van der Waals surface area contributed by atoms with E-state index >= 15 is 0 Å². The van der Waals surface area contributed by atoms with Gasteiger partial charge in [-0.05, 0) is 140 Å². The van der Waals surface area contributed by atoms with Crippen LogP contribution in [0.4, 0.5) is 11.4 Å². The molecule has 3 aromatic rings. The van der Waals surface area contributed by atoms with Crippen molar-refractivity contribution in [3.63, 3.8) is 0 Å². The lowest BCUT2D eigenvalue weighted by atomic mass is 9.61. The molecule has 44 heavy (non-hydrogen) atoms. The molecule has 0 fully saturated rings. The van der Waals surface area contributed by atoms with Gasteiger partial charge in [-0.25, -0.2) is 0 Å². The van der Waals surface area contributed by atoms with Crippen molar-refractivity contribution in [2.45, 2.75) is 77.6 Å². The molecule has 0 saturated heterocycles. The Morgan fingerprint density at radius 3 is 2.11 bits per heavy atom. The summed E-state index contributed by atoms with van der Waals surface area (Å²) in [6.07, 6.45) is 8.52. The highest BCUT2D eigenvalue weighted by atomic mass is 35.5. The first kappa shape index (κ1) is 29.8. The van der Waals surface area contributed by atoms with Gasteiger partial charge in [0.1, 0.15) is 0 Å². The summed E-state index contributed by atoms with van der Waals surface area (Å²) in [6, 6.07) is 10.2. The molecule has 0 radical (unpaired) electrons. The fourth-order valence-corrected chi connectivity index (χ4v) is 9.46. The fourth-order valence-electron chi connectivity index (χ4n) is 8.90. The van der Waals surface area contributed by atoms with Crippen LogP contribution in [0.1, 0.15) is 94.7 Å². The third kappa shape index (κ3) is 4.36. The number of benzene rings is 3. The summed E-state index contributed by atoms with van der Waals surface area (Å²) in [4.78, 5) is 5.19. The predicted molar refractivity (Wildman–Crippen MR) is 189 cm³/mol. The Morgan fingerprint density at radius 1 is 0.886 bits per heavy atom. The summed E-state index contributed by atoms with van der Waals surface area (Å²) in [5.41, 5.74) is 18.0. The molecule has 2 heterocycles. The zero-order chi connectivity index (χ0) is 30.9. The monoisotopic (exact) mass is 625 g/mol. The lowest BCUT2D eigenvalue weighted by Crippen LogP contribution is -2.37. The van der Waals surface area contributed by atoms with Crippen LogP contribution in [0, 0.1) is 13.8 Å². The largest absolute Gasteiger partial charge is 0.392 e. The Morgan fingerprint density at radius 2 is 1.50 bits per heavy atom. The molecule has 0 amide bonds. The van der Waals surface area contributed by atoms with Crippen LogP contribution < -0.4 is 15.1 Å². The predicted octanol–water partition coefficient (Wildman–Crippen LogP) is 9.30. The number of nitrogens with one attached hydrogen (secondary N) is 1. The lowest BCUT2D eigenvalue weighted by Gasteiger charge is -2.43. The first-order valence-corrected chi connectivity index (χ1v) is 17.3. The standard InChI is InChI=1S/C39H45Cl2N3/c1-7-43-14-9-12-27-18-31-29(20-33(27)43)17-30-21-34-28(13-10-16-44(34)15-8-11-24(3)42-6)19-32(30)39(31)22-23(2)35-36(39)25(4)37(40)26(5)38(35)41/h18-21,42H,2-3,7-17,22H2,1,4-6H3. The highest BCUT2D eigenvalue weighted by Gasteiger charge is 2.51. The molecular formula is C39H45Cl2N3. The van der Waals surface area contributed by atoms with Gasteiger partial charge in [-0.3, -0.25) is 0 Å².